The lowest BCUT2D eigenvalue weighted by molar-refractivity contribution is 1.13. The first kappa shape index (κ1) is 9.07. The van der Waals surface area contributed by atoms with E-state index in [2.05, 4.69) is 11.9 Å². The predicted octanol–water partition coefficient (Wildman–Crippen LogP) is 2.43. The smallest absolute Gasteiger partial charge is 0.193 e. The van der Waals surface area contributed by atoms with Crippen molar-refractivity contribution in [2.24, 2.45) is 10.7 Å². The van der Waals surface area contributed by atoms with Crippen molar-refractivity contribution in [2.45, 2.75) is 13.3 Å². The largest absolute Gasteiger partial charge is 0.374 e. The van der Waals surface area contributed by atoms with E-state index in [1.165, 1.54) is 0 Å². The Morgan fingerprint density at radius 3 is 2.75 bits per heavy atom. The summed E-state index contributed by atoms with van der Waals surface area (Å²) in [5.74, 6) is 0. The minimum absolute atomic E-state index is 0.0795. The van der Waals surface area contributed by atoms with Crippen LogP contribution in [0.1, 0.15) is 12.5 Å². The van der Waals surface area contributed by atoms with Gasteiger partial charge in [0.1, 0.15) is 0 Å². The summed E-state index contributed by atoms with van der Waals surface area (Å²) < 4.78 is 0. The SMILES string of the molecule is CCc1ccccc1N=C(N)Cl. The number of nitrogens with two attached hydrogens (primary N) is 1. The highest BCUT2D eigenvalue weighted by molar-refractivity contribution is 6.64. The molecule has 0 radical (unpaired) electrons. The number of aliphatic imine (C=N–C) groups is 1. The number of amidine groups is 1. The molecule has 0 amide bonds. The molecule has 0 fully saturated rings. The van der Waals surface area contributed by atoms with E-state index in [0.717, 1.165) is 17.7 Å². The van der Waals surface area contributed by atoms with E-state index in [-0.39, 0.29) is 5.29 Å². The Kier molecular flexibility index (Phi) is 3.11. The van der Waals surface area contributed by atoms with Gasteiger partial charge in [0.15, 0.2) is 5.29 Å². The summed E-state index contributed by atoms with van der Waals surface area (Å²) in [5, 5.41) is 0.0795. The first-order valence-electron chi connectivity index (χ1n) is 3.81. The Balaban J connectivity index is 3.05. The van der Waals surface area contributed by atoms with Crippen molar-refractivity contribution < 1.29 is 0 Å². The molecular formula is C9H11ClN2. The van der Waals surface area contributed by atoms with Crippen molar-refractivity contribution in [2.75, 3.05) is 0 Å². The molecule has 0 atom stereocenters. The molecule has 0 heterocycles. The molecule has 0 unspecified atom stereocenters. The standard InChI is InChI=1S/C9H11ClN2/c1-2-7-5-3-4-6-8(7)12-9(10)11/h3-6H,2H2,1H3,(H2,11,12). The number of hydrogen-bond acceptors (Lipinski definition) is 1. The van der Waals surface area contributed by atoms with Crippen molar-refractivity contribution in [3.05, 3.63) is 29.8 Å². The Bertz CT molecular complexity index is 290. The highest BCUT2D eigenvalue weighted by Gasteiger charge is 1.96. The predicted molar refractivity (Wildman–Crippen MR) is 53.0 cm³/mol. The van der Waals surface area contributed by atoms with Gasteiger partial charge in [0, 0.05) is 0 Å². The first-order chi connectivity index (χ1) is 5.74. The van der Waals surface area contributed by atoms with Crippen molar-refractivity contribution >= 4 is 22.6 Å². The summed E-state index contributed by atoms with van der Waals surface area (Å²) in [5.41, 5.74) is 7.27. The van der Waals surface area contributed by atoms with Crippen LogP contribution in [0.4, 0.5) is 5.69 Å². The van der Waals surface area contributed by atoms with E-state index in [0.29, 0.717) is 0 Å². The van der Waals surface area contributed by atoms with E-state index in [9.17, 15) is 0 Å². The van der Waals surface area contributed by atoms with E-state index in [4.69, 9.17) is 17.3 Å². The van der Waals surface area contributed by atoms with Crippen molar-refractivity contribution in [1.29, 1.82) is 0 Å². The van der Waals surface area contributed by atoms with Gasteiger partial charge in [-0.25, -0.2) is 4.99 Å². The number of benzene rings is 1. The van der Waals surface area contributed by atoms with Crippen LogP contribution in [0.2, 0.25) is 0 Å². The minimum Gasteiger partial charge on any atom is -0.374 e. The molecule has 0 saturated carbocycles. The van der Waals surface area contributed by atoms with Crippen LogP contribution in [0, 0.1) is 0 Å². The molecule has 2 N–H and O–H groups in total. The molecule has 1 aromatic carbocycles. The molecule has 2 nitrogen and oxygen atoms in total. The van der Waals surface area contributed by atoms with Gasteiger partial charge in [-0.05, 0) is 29.7 Å². The molecule has 1 rings (SSSR count). The van der Waals surface area contributed by atoms with Gasteiger partial charge in [-0.15, -0.1) is 0 Å². The maximum absolute atomic E-state index is 5.47. The zero-order chi connectivity index (χ0) is 8.97. The van der Waals surface area contributed by atoms with Gasteiger partial charge in [0.25, 0.3) is 0 Å². The van der Waals surface area contributed by atoms with Gasteiger partial charge >= 0.3 is 0 Å². The minimum atomic E-state index is 0.0795. The summed E-state index contributed by atoms with van der Waals surface area (Å²) in [6, 6.07) is 7.80. The van der Waals surface area contributed by atoms with Gasteiger partial charge in [0.2, 0.25) is 0 Å². The lowest BCUT2D eigenvalue weighted by Crippen LogP contribution is -2.00. The van der Waals surface area contributed by atoms with Crippen molar-refractivity contribution in [3.8, 4) is 0 Å². The number of aryl methyl sites for hydroxylation is 1. The Hall–Kier alpha value is -1.02. The highest BCUT2D eigenvalue weighted by atomic mass is 35.5. The summed E-state index contributed by atoms with van der Waals surface area (Å²) in [4.78, 5) is 3.99. The van der Waals surface area contributed by atoms with Gasteiger partial charge < -0.3 is 5.73 Å². The van der Waals surface area contributed by atoms with E-state index in [1.807, 2.05) is 24.3 Å². The molecule has 12 heavy (non-hydrogen) atoms. The molecule has 64 valence electrons. The van der Waals surface area contributed by atoms with Crippen LogP contribution >= 0.6 is 11.6 Å². The van der Waals surface area contributed by atoms with E-state index >= 15 is 0 Å². The van der Waals surface area contributed by atoms with Crippen LogP contribution in [0.15, 0.2) is 29.3 Å². The van der Waals surface area contributed by atoms with Crippen LogP contribution in [0.5, 0.6) is 0 Å². The first-order valence-corrected chi connectivity index (χ1v) is 4.19. The normalized spacial score (nSPS) is 11.7. The average Bonchev–Trinajstić information content (AvgIpc) is 2.04. The zero-order valence-corrected chi connectivity index (χ0v) is 7.67. The molecule has 0 aliphatic rings. The number of nitrogens with zero attached hydrogens (tertiary/aromatic N) is 1. The third-order valence-electron chi connectivity index (χ3n) is 1.60. The molecule has 0 aliphatic carbocycles. The quantitative estimate of drug-likeness (QED) is 0.426. The lowest BCUT2D eigenvalue weighted by Gasteiger charge is -2.00. The summed E-state index contributed by atoms with van der Waals surface area (Å²) in [7, 11) is 0. The zero-order valence-electron chi connectivity index (χ0n) is 6.92. The van der Waals surface area contributed by atoms with Crippen LogP contribution < -0.4 is 5.73 Å². The maximum atomic E-state index is 5.47. The van der Waals surface area contributed by atoms with Gasteiger partial charge in [0.05, 0.1) is 5.69 Å². The second-order valence-electron chi connectivity index (χ2n) is 2.42. The van der Waals surface area contributed by atoms with Gasteiger partial charge in [-0.1, -0.05) is 25.1 Å². The number of para-hydroxylation sites is 1. The third kappa shape index (κ3) is 2.24. The molecule has 0 bridgehead atoms. The van der Waals surface area contributed by atoms with Gasteiger partial charge in [-0.3, -0.25) is 0 Å². The highest BCUT2D eigenvalue weighted by Crippen LogP contribution is 2.18. The fourth-order valence-electron chi connectivity index (χ4n) is 1.03. The lowest BCUT2D eigenvalue weighted by atomic mass is 10.1. The number of hydrogen-bond donors (Lipinski definition) is 1. The van der Waals surface area contributed by atoms with Crippen molar-refractivity contribution in [3.63, 3.8) is 0 Å². The second kappa shape index (κ2) is 4.12. The second-order valence-corrected chi connectivity index (χ2v) is 2.80. The van der Waals surface area contributed by atoms with Crippen LogP contribution in [-0.2, 0) is 6.42 Å². The summed E-state index contributed by atoms with van der Waals surface area (Å²) in [6.45, 7) is 2.07. The Morgan fingerprint density at radius 1 is 1.50 bits per heavy atom. The summed E-state index contributed by atoms with van der Waals surface area (Å²) >= 11 is 5.47. The molecule has 0 aliphatic heterocycles. The number of halogens is 1. The number of rotatable bonds is 2. The molecule has 3 heteroatoms. The maximum Gasteiger partial charge on any atom is 0.193 e. The van der Waals surface area contributed by atoms with E-state index < -0.39 is 0 Å². The molecular weight excluding hydrogens is 172 g/mol. The fourth-order valence-corrected chi connectivity index (χ4v) is 1.12. The fraction of sp³-hybridized carbons (Fsp3) is 0.222. The average molecular weight is 183 g/mol. The topological polar surface area (TPSA) is 38.4 Å². The third-order valence-corrected chi connectivity index (χ3v) is 1.68. The Labute approximate surface area is 77.1 Å². The van der Waals surface area contributed by atoms with Gasteiger partial charge in [-0.2, -0.15) is 0 Å². The monoisotopic (exact) mass is 182 g/mol. The van der Waals surface area contributed by atoms with Crippen LogP contribution in [0.3, 0.4) is 0 Å². The van der Waals surface area contributed by atoms with E-state index in [1.54, 1.807) is 0 Å². The molecule has 0 saturated heterocycles. The van der Waals surface area contributed by atoms with Crippen LogP contribution in [0.25, 0.3) is 0 Å². The summed E-state index contributed by atoms with van der Waals surface area (Å²) in [6.07, 6.45) is 0.934. The van der Waals surface area contributed by atoms with Crippen LogP contribution in [-0.4, -0.2) is 5.29 Å². The molecule has 0 spiro atoms. The molecule has 0 aromatic heterocycles. The molecule has 1 aromatic rings. The van der Waals surface area contributed by atoms with Crippen molar-refractivity contribution in [1.82, 2.24) is 0 Å². The Morgan fingerprint density at radius 2 is 2.17 bits per heavy atom.